The molecule has 1 N–H and O–H groups in total. The Bertz CT molecular complexity index is 1110. The Balaban J connectivity index is 1.61. The van der Waals surface area contributed by atoms with E-state index in [4.69, 9.17) is 4.74 Å². The van der Waals surface area contributed by atoms with Gasteiger partial charge in [0.05, 0.1) is 18.2 Å². The van der Waals surface area contributed by atoms with Crippen LogP contribution in [-0.4, -0.2) is 72.6 Å². The molecule has 0 saturated carbocycles. The van der Waals surface area contributed by atoms with Crippen molar-refractivity contribution in [2.45, 2.75) is 19.5 Å². The molecular weight excluding hydrogens is 459 g/mol. The fraction of sp³-hybridized carbons (Fsp3) is 0.357. The zero-order valence-electron chi connectivity index (χ0n) is 20.7. The number of hydrogen-bond donors (Lipinski definition) is 1. The van der Waals surface area contributed by atoms with E-state index in [1.165, 1.54) is 22.6 Å². The Morgan fingerprint density at radius 1 is 1.08 bits per heavy atom. The number of carbonyl (C=O) groups is 2. The van der Waals surface area contributed by atoms with E-state index in [1.807, 2.05) is 18.2 Å². The van der Waals surface area contributed by atoms with Gasteiger partial charge in [0.1, 0.15) is 5.82 Å². The lowest BCUT2D eigenvalue weighted by molar-refractivity contribution is -0.139. The fourth-order valence-corrected chi connectivity index (χ4v) is 4.74. The number of esters is 1. The summed E-state index contributed by atoms with van der Waals surface area (Å²) in [6.45, 7) is 10.6. The van der Waals surface area contributed by atoms with Gasteiger partial charge in [-0.2, -0.15) is 0 Å². The van der Waals surface area contributed by atoms with Gasteiger partial charge in [0, 0.05) is 51.5 Å². The van der Waals surface area contributed by atoms with Gasteiger partial charge in [-0.05, 0) is 30.2 Å². The first-order valence-electron chi connectivity index (χ1n) is 12.3. The van der Waals surface area contributed by atoms with Gasteiger partial charge in [0.2, 0.25) is 0 Å². The highest BCUT2D eigenvalue weighted by molar-refractivity contribution is 5.95. The zero-order valence-corrected chi connectivity index (χ0v) is 20.7. The Morgan fingerprint density at radius 2 is 1.78 bits per heavy atom. The van der Waals surface area contributed by atoms with Crippen LogP contribution in [0.2, 0.25) is 0 Å². The van der Waals surface area contributed by atoms with Crippen molar-refractivity contribution in [1.82, 2.24) is 20.0 Å². The van der Waals surface area contributed by atoms with Gasteiger partial charge in [0.15, 0.2) is 0 Å². The molecule has 7 nitrogen and oxygen atoms in total. The van der Waals surface area contributed by atoms with Crippen molar-refractivity contribution >= 4 is 12.0 Å². The molecule has 1 fully saturated rings. The molecule has 2 aliphatic rings. The van der Waals surface area contributed by atoms with Crippen molar-refractivity contribution in [2.75, 3.05) is 45.9 Å². The van der Waals surface area contributed by atoms with Crippen molar-refractivity contribution < 1.29 is 18.7 Å². The molecule has 2 heterocycles. The second kappa shape index (κ2) is 12.0. The maximum absolute atomic E-state index is 14.1. The number of hydrogen-bond acceptors (Lipinski definition) is 5. The molecule has 2 amide bonds. The molecule has 0 bridgehead atoms. The predicted molar refractivity (Wildman–Crippen MR) is 136 cm³/mol. The van der Waals surface area contributed by atoms with Crippen LogP contribution in [0.15, 0.2) is 78.5 Å². The van der Waals surface area contributed by atoms with Crippen LogP contribution in [0, 0.1) is 5.82 Å². The standard InChI is InChI=1S/C28H33FN4O3/c1-3-13-33-24(20-32-16-14-31(15-17-32)19-21-9-6-5-7-10-21)25(27(34)36-4-2)26(30-28(33)35)22-11-8-12-23(29)18-22/h3,5-12,18,26H,1,4,13-17,19-20H2,2H3,(H,30,35). The lowest BCUT2D eigenvalue weighted by Gasteiger charge is -2.40. The second-order valence-corrected chi connectivity index (χ2v) is 8.96. The molecule has 0 spiro atoms. The Morgan fingerprint density at radius 3 is 2.42 bits per heavy atom. The second-order valence-electron chi connectivity index (χ2n) is 8.96. The lowest BCUT2D eigenvalue weighted by Crippen LogP contribution is -2.53. The largest absolute Gasteiger partial charge is 0.463 e. The number of nitrogens with one attached hydrogen (secondary N) is 1. The van der Waals surface area contributed by atoms with E-state index >= 15 is 0 Å². The quantitative estimate of drug-likeness (QED) is 0.427. The van der Waals surface area contributed by atoms with Gasteiger partial charge in [-0.15, -0.1) is 6.58 Å². The average molecular weight is 493 g/mol. The average Bonchev–Trinajstić information content (AvgIpc) is 2.88. The Kier molecular flexibility index (Phi) is 8.51. The summed E-state index contributed by atoms with van der Waals surface area (Å²) in [5, 5.41) is 2.87. The number of piperazine rings is 1. The molecule has 4 rings (SSSR count). The monoisotopic (exact) mass is 492 g/mol. The molecule has 0 radical (unpaired) electrons. The van der Waals surface area contributed by atoms with Crippen LogP contribution in [0.1, 0.15) is 24.1 Å². The third kappa shape index (κ3) is 6.01. The van der Waals surface area contributed by atoms with E-state index in [0.29, 0.717) is 23.4 Å². The minimum atomic E-state index is -0.803. The molecule has 8 heteroatoms. The summed E-state index contributed by atoms with van der Waals surface area (Å²) < 4.78 is 19.5. The summed E-state index contributed by atoms with van der Waals surface area (Å²) in [6, 6.07) is 15.2. The van der Waals surface area contributed by atoms with Crippen molar-refractivity contribution in [1.29, 1.82) is 0 Å². The number of carbonyl (C=O) groups excluding carboxylic acids is 2. The summed E-state index contributed by atoms with van der Waals surface area (Å²) >= 11 is 0. The van der Waals surface area contributed by atoms with Gasteiger partial charge in [-0.25, -0.2) is 14.0 Å². The summed E-state index contributed by atoms with van der Waals surface area (Å²) in [4.78, 5) is 32.5. The summed E-state index contributed by atoms with van der Waals surface area (Å²) in [5.74, 6) is -0.951. The van der Waals surface area contributed by atoms with Crippen LogP contribution in [0.4, 0.5) is 9.18 Å². The molecule has 2 aromatic carbocycles. The third-order valence-corrected chi connectivity index (χ3v) is 6.51. The predicted octanol–water partition coefficient (Wildman–Crippen LogP) is 3.71. The Labute approximate surface area is 211 Å². The van der Waals surface area contributed by atoms with Crippen molar-refractivity contribution in [3.63, 3.8) is 0 Å². The number of urea groups is 1. The fourth-order valence-electron chi connectivity index (χ4n) is 4.74. The number of ether oxygens (including phenoxy) is 1. The smallest absolute Gasteiger partial charge is 0.338 e. The van der Waals surface area contributed by atoms with E-state index < -0.39 is 17.8 Å². The van der Waals surface area contributed by atoms with E-state index in [9.17, 15) is 14.0 Å². The highest BCUT2D eigenvalue weighted by atomic mass is 19.1. The maximum atomic E-state index is 14.1. The SMILES string of the molecule is C=CCN1C(=O)NC(c2cccc(F)c2)C(C(=O)OCC)=C1CN1CCN(Cc2ccccc2)CC1. The molecule has 0 aliphatic carbocycles. The highest BCUT2D eigenvalue weighted by Gasteiger charge is 2.38. The van der Waals surface area contributed by atoms with E-state index in [2.05, 4.69) is 33.8 Å². The van der Waals surface area contributed by atoms with E-state index in [1.54, 1.807) is 25.1 Å². The van der Waals surface area contributed by atoms with Crippen LogP contribution in [0.5, 0.6) is 0 Å². The van der Waals surface area contributed by atoms with Crippen LogP contribution in [-0.2, 0) is 16.1 Å². The molecule has 36 heavy (non-hydrogen) atoms. The minimum absolute atomic E-state index is 0.194. The summed E-state index contributed by atoms with van der Waals surface area (Å²) in [7, 11) is 0. The minimum Gasteiger partial charge on any atom is -0.463 e. The first-order chi connectivity index (χ1) is 17.5. The number of benzene rings is 2. The topological polar surface area (TPSA) is 65.1 Å². The first-order valence-corrected chi connectivity index (χ1v) is 12.3. The molecule has 2 aliphatic heterocycles. The molecule has 190 valence electrons. The molecule has 1 saturated heterocycles. The molecule has 1 unspecified atom stereocenters. The van der Waals surface area contributed by atoms with Crippen LogP contribution < -0.4 is 5.32 Å². The van der Waals surface area contributed by atoms with Gasteiger partial charge < -0.3 is 10.1 Å². The highest BCUT2D eigenvalue weighted by Crippen LogP contribution is 2.32. The van der Waals surface area contributed by atoms with E-state index in [-0.39, 0.29) is 19.2 Å². The molecule has 0 aromatic heterocycles. The number of halogens is 1. The third-order valence-electron chi connectivity index (χ3n) is 6.51. The first kappa shape index (κ1) is 25.6. The van der Waals surface area contributed by atoms with E-state index in [0.717, 1.165) is 32.7 Å². The van der Waals surface area contributed by atoms with Crippen LogP contribution in [0.3, 0.4) is 0 Å². The number of nitrogens with zero attached hydrogens (tertiary/aromatic N) is 3. The normalized spacial score (nSPS) is 19.2. The van der Waals surface area contributed by atoms with Gasteiger partial charge in [-0.3, -0.25) is 14.7 Å². The molecule has 1 atom stereocenters. The zero-order chi connectivity index (χ0) is 25.5. The summed E-state index contributed by atoms with van der Waals surface area (Å²) in [6.07, 6.45) is 1.63. The van der Waals surface area contributed by atoms with Crippen LogP contribution >= 0.6 is 0 Å². The maximum Gasteiger partial charge on any atom is 0.338 e. The molecule has 2 aromatic rings. The number of amides is 2. The van der Waals surface area contributed by atoms with Gasteiger partial charge in [-0.1, -0.05) is 48.5 Å². The van der Waals surface area contributed by atoms with Gasteiger partial charge in [0.25, 0.3) is 0 Å². The van der Waals surface area contributed by atoms with Crippen molar-refractivity contribution in [3.05, 3.63) is 95.5 Å². The van der Waals surface area contributed by atoms with Crippen molar-refractivity contribution in [2.24, 2.45) is 0 Å². The van der Waals surface area contributed by atoms with Crippen LogP contribution in [0.25, 0.3) is 0 Å². The van der Waals surface area contributed by atoms with Crippen molar-refractivity contribution in [3.8, 4) is 0 Å². The lowest BCUT2D eigenvalue weighted by atomic mass is 9.94. The van der Waals surface area contributed by atoms with Gasteiger partial charge >= 0.3 is 12.0 Å². The number of rotatable bonds is 9. The Hall–Kier alpha value is -3.49. The molecular formula is C28H33FN4O3. The summed E-state index contributed by atoms with van der Waals surface area (Å²) in [5.41, 5.74) is 2.67.